The summed E-state index contributed by atoms with van der Waals surface area (Å²) in [5.74, 6) is -0.222. The number of benzene rings is 1. The Hall–Kier alpha value is -2.34. The van der Waals surface area contributed by atoms with Crippen LogP contribution in [-0.4, -0.2) is 34.1 Å². The van der Waals surface area contributed by atoms with Gasteiger partial charge in [-0.2, -0.15) is 5.10 Å². The molecule has 2 aromatic rings. The lowest BCUT2D eigenvalue weighted by Gasteiger charge is -2.08. The van der Waals surface area contributed by atoms with Gasteiger partial charge in [0, 0.05) is 7.05 Å². The van der Waals surface area contributed by atoms with Gasteiger partial charge >= 0.3 is 5.97 Å². The second kappa shape index (κ2) is 6.72. The molecule has 1 N–H and O–H groups in total. The van der Waals surface area contributed by atoms with Crippen LogP contribution < -0.4 is 4.74 Å². The highest BCUT2D eigenvalue weighted by molar-refractivity contribution is 5.88. The third-order valence-electron chi connectivity index (χ3n) is 2.77. The molecule has 1 aromatic carbocycles. The Morgan fingerprint density at radius 3 is 2.75 bits per heavy atom. The fraction of sp³-hybridized carbons (Fsp3) is 0.286. The minimum Gasteiger partial charge on any atom is -0.491 e. The van der Waals surface area contributed by atoms with E-state index in [0.717, 1.165) is 5.75 Å². The van der Waals surface area contributed by atoms with E-state index in [9.17, 15) is 4.79 Å². The van der Waals surface area contributed by atoms with Crippen LogP contribution in [0, 0.1) is 0 Å². The summed E-state index contributed by atoms with van der Waals surface area (Å²) in [5, 5.41) is 12.9. The zero-order chi connectivity index (χ0) is 14.4. The molecule has 0 aliphatic carbocycles. The predicted molar refractivity (Wildman–Crippen MR) is 71.8 cm³/mol. The monoisotopic (exact) mass is 276 g/mol. The molecule has 6 nitrogen and oxygen atoms in total. The van der Waals surface area contributed by atoms with E-state index in [4.69, 9.17) is 14.6 Å². The molecular weight excluding hydrogens is 260 g/mol. The second-order valence-corrected chi connectivity index (χ2v) is 4.15. The van der Waals surface area contributed by atoms with Gasteiger partial charge in [-0.3, -0.25) is 4.68 Å². The fourth-order valence-electron chi connectivity index (χ4n) is 1.72. The lowest BCUT2D eigenvalue weighted by atomic mass is 10.2. The number of hydrogen-bond donors (Lipinski definition) is 1. The average molecular weight is 276 g/mol. The lowest BCUT2D eigenvalue weighted by Crippen LogP contribution is -2.11. The highest BCUT2D eigenvalue weighted by atomic mass is 16.5. The fourth-order valence-corrected chi connectivity index (χ4v) is 1.72. The maximum absolute atomic E-state index is 11.0. The maximum atomic E-state index is 11.0. The Balaban J connectivity index is 1.76. The Kier molecular flexibility index (Phi) is 4.73. The number of para-hydroxylation sites is 1. The lowest BCUT2D eigenvalue weighted by molar-refractivity contribution is 0.0674. The molecule has 0 atom stereocenters. The van der Waals surface area contributed by atoms with Crippen molar-refractivity contribution in [3.63, 3.8) is 0 Å². The minimum atomic E-state index is -1.00. The molecular formula is C14H16N2O4. The number of aromatic nitrogens is 2. The van der Waals surface area contributed by atoms with Crippen molar-refractivity contribution in [3.05, 3.63) is 47.8 Å². The van der Waals surface area contributed by atoms with E-state index in [1.54, 1.807) is 7.05 Å². The molecule has 0 aliphatic rings. The average Bonchev–Trinajstić information content (AvgIpc) is 2.81. The third-order valence-corrected chi connectivity index (χ3v) is 2.77. The molecule has 20 heavy (non-hydrogen) atoms. The Bertz CT molecular complexity index is 566. The predicted octanol–water partition coefficient (Wildman–Crippen LogP) is 1.71. The minimum absolute atomic E-state index is 0.163. The van der Waals surface area contributed by atoms with E-state index in [1.807, 2.05) is 30.3 Å². The number of aryl methyl sites for hydroxylation is 1. The Morgan fingerprint density at radius 1 is 1.30 bits per heavy atom. The highest BCUT2D eigenvalue weighted by Crippen LogP contribution is 2.10. The summed E-state index contributed by atoms with van der Waals surface area (Å²) in [7, 11) is 1.69. The van der Waals surface area contributed by atoms with Gasteiger partial charge in [0.05, 0.1) is 25.1 Å². The van der Waals surface area contributed by atoms with E-state index in [0.29, 0.717) is 18.9 Å². The van der Waals surface area contributed by atoms with Gasteiger partial charge in [0.15, 0.2) is 0 Å². The molecule has 0 fully saturated rings. The number of nitrogens with zero attached hydrogens (tertiary/aromatic N) is 2. The quantitative estimate of drug-likeness (QED) is 0.779. The summed E-state index contributed by atoms with van der Waals surface area (Å²) >= 11 is 0. The Labute approximate surface area is 116 Å². The first kappa shape index (κ1) is 14.1. The van der Waals surface area contributed by atoms with Crippen LogP contribution in [-0.2, 0) is 18.4 Å². The van der Waals surface area contributed by atoms with Crippen LogP contribution in [0.15, 0.2) is 36.5 Å². The summed E-state index contributed by atoms with van der Waals surface area (Å²) in [4.78, 5) is 11.0. The van der Waals surface area contributed by atoms with Crippen molar-refractivity contribution in [1.82, 2.24) is 9.78 Å². The van der Waals surface area contributed by atoms with Crippen molar-refractivity contribution in [2.24, 2.45) is 7.05 Å². The number of ether oxygens (including phenoxy) is 2. The normalized spacial score (nSPS) is 10.4. The molecule has 1 heterocycles. The topological polar surface area (TPSA) is 73.6 Å². The van der Waals surface area contributed by atoms with Crippen LogP contribution in [0.1, 0.15) is 16.1 Å². The van der Waals surface area contributed by atoms with Crippen LogP contribution in [0.3, 0.4) is 0 Å². The number of hydrogen-bond acceptors (Lipinski definition) is 4. The largest absolute Gasteiger partial charge is 0.491 e. The SMILES string of the molecule is Cn1ncc(C(=O)O)c1COCCOc1ccccc1. The van der Waals surface area contributed by atoms with Crippen molar-refractivity contribution in [2.45, 2.75) is 6.61 Å². The van der Waals surface area contributed by atoms with Gasteiger partial charge in [-0.15, -0.1) is 0 Å². The molecule has 0 aliphatic heterocycles. The standard InChI is InChI=1S/C14H16N2O4/c1-16-13(12(9-15-16)14(17)18)10-19-7-8-20-11-5-3-2-4-6-11/h2-6,9H,7-8,10H2,1H3,(H,17,18). The van der Waals surface area contributed by atoms with Gasteiger partial charge < -0.3 is 14.6 Å². The van der Waals surface area contributed by atoms with Crippen LogP contribution in [0.2, 0.25) is 0 Å². The summed E-state index contributed by atoms with van der Waals surface area (Å²) < 4.78 is 12.4. The third kappa shape index (κ3) is 3.58. The van der Waals surface area contributed by atoms with E-state index < -0.39 is 5.97 Å². The van der Waals surface area contributed by atoms with Crippen LogP contribution in [0.25, 0.3) is 0 Å². The molecule has 0 spiro atoms. The first-order chi connectivity index (χ1) is 9.68. The molecule has 0 saturated carbocycles. The van der Waals surface area contributed by atoms with Crippen molar-refractivity contribution in [2.75, 3.05) is 13.2 Å². The molecule has 0 radical (unpaired) electrons. The summed E-state index contributed by atoms with van der Waals surface area (Å²) in [6, 6.07) is 9.43. The molecule has 0 amide bonds. The van der Waals surface area contributed by atoms with Crippen LogP contribution in [0.5, 0.6) is 5.75 Å². The summed E-state index contributed by atoms with van der Waals surface area (Å²) in [5.41, 5.74) is 0.702. The second-order valence-electron chi connectivity index (χ2n) is 4.15. The summed E-state index contributed by atoms with van der Waals surface area (Å²) in [6.45, 7) is 0.972. The first-order valence-electron chi connectivity index (χ1n) is 6.18. The number of carboxylic acids is 1. The smallest absolute Gasteiger partial charge is 0.339 e. The molecule has 0 unspecified atom stereocenters. The zero-order valence-corrected chi connectivity index (χ0v) is 11.2. The molecule has 6 heteroatoms. The van der Waals surface area contributed by atoms with Crippen molar-refractivity contribution in [3.8, 4) is 5.75 Å². The molecule has 0 bridgehead atoms. The summed E-state index contributed by atoms with van der Waals surface area (Å²) in [6.07, 6.45) is 1.32. The van der Waals surface area contributed by atoms with Gasteiger partial charge in [0.1, 0.15) is 17.9 Å². The van der Waals surface area contributed by atoms with Crippen LogP contribution >= 0.6 is 0 Å². The van der Waals surface area contributed by atoms with Gasteiger partial charge in [-0.1, -0.05) is 18.2 Å². The van der Waals surface area contributed by atoms with Crippen molar-refractivity contribution in [1.29, 1.82) is 0 Å². The first-order valence-corrected chi connectivity index (χ1v) is 6.18. The van der Waals surface area contributed by atoms with Crippen molar-refractivity contribution >= 4 is 5.97 Å². The van der Waals surface area contributed by atoms with Crippen LogP contribution in [0.4, 0.5) is 0 Å². The van der Waals surface area contributed by atoms with Gasteiger partial charge in [0.2, 0.25) is 0 Å². The van der Waals surface area contributed by atoms with Gasteiger partial charge in [-0.25, -0.2) is 4.79 Å². The number of carbonyl (C=O) groups is 1. The molecule has 1 aromatic heterocycles. The molecule has 0 saturated heterocycles. The van der Waals surface area contributed by atoms with E-state index in [1.165, 1.54) is 10.9 Å². The van der Waals surface area contributed by atoms with Gasteiger partial charge in [0.25, 0.3) is 0 Å². The zero-order valence-electron chi connectivity index (χ0n) is 11.2. The van der Waals surface area contributed by atoms with E-state index in [-0.39, 0.29) is 12.2 Å². The maximum Gasteiger partial charge on any atom is 0.339 e. The number of aromatic carboxylic acids is 1. The Morgan fingerprint density at radius 2 is 2.05 bits per heavy atom. The van der Waals surface area contributed by atoms with E-state index in [2.05, 4.69) is 5.10 Å². The number of carboxylic acid groups (broad SMARTS) is 1. The molecule has 106 valence electrons. The number of rotatable bonds is 7. The van der Waals surface area contributed by atoms with E-state index >= 15 is 0 Å². The van der Waals surface area contributed by atoms with Gasteiger partial charge in [-0.05, 0) is 12.1 Å². The molecule has 2 rings (SSSR count). The van der Waals surface area contributed by atoms with Crippen molar-refractivity contribution < 1.29 is 19.4 Å². The highest BCUT2D eigenvalue weighted by Gasteiger charge is 2.14.